The Morgan fingerprint density at radius 2 is 2.33 bits per heavy atom. The van der Waals surface area contributed by atoms with Crippen LogP contribution in [0.4, 0.5) is 0 Å². The number of halogens is 1. The van der Waals surface area contributed by atoms with Crippen molar-refractivity contribution < 1.29 is 4.74 Å². The van der Waals surface area contributed by atoms with Gasteiger partial charge in [-0.15, -0.1) is 0 Å². The quantitative estimate of drug-likeness (QED) is 0.770. The van der Waals surface area contributed by atoms with Gasteiger partial charge >= 0.3 is 0 Å². The van der Waals surface area contributed by atoms with Crippen LogP contribution in [0.1, 0.15) is 31.3 Å². The maximum atomic E-state index is 5.95. The summed E-state index contributed by atoms with van der Waals surface area (Å²) in [6.07, 6.45) is 2.70. The van der Waals surface area contributed by atoms with Gasteiger partial charge in [-0.25, -0.2) is 9.97 Å². The minimum Gasteiger partial charge on any atom is -0.377 e. The van der Waals surface area contributed by atoms with Crippen LogP contribution in [0.3, 0.4) is 0 Å². The average Bonchev–Trinajstić information content (AvgIpc) is 2.79. The van der Waals surface area contributed by atoms with Crippen molar-refractivity contribution in [2.75, 3.05) is 19.7 Å². The molecular weight excluding hydrogens is 250 g/mol. The van der Waals surface area contributed by atoms with Gasteiger partial charge in [0.2, 0.25) is 0 Å². The standard InChI is InChI=1S/C13H20ClN3O/c1-3-17(8-11-5-4-6-18-11)9-13-15-10(2)7-12(14)16-13/h7,11H,3-6,8-9H2,1-2H3. The number of nitrogens with zero attached hydrogens (tertiary/aromatic N) is 3. The monoisotopic (exact) mass is 269 g/mol. The summed E-state index contributed by atoms with van der Waals surface area (Å²) < 4.78 is 5.66. The van der Waals surface area contributed by atoms with Crippen LogP contribution in [-0.2, 0) is 11.3 Å². The molecule has 2 heterocycles. The Labute approximate surface area is 113 Å². The molecular formula is C13H20ClN3O. The molecule has 1 aromatic heterocycles. The van der Waals surface area contributed by atoms with Gasteiger partial charge in [0.1, 0.15) is 11.0 Å². The van der Waals surface area contributed by atoms with E-state index in [0.717, 1.165) is 44.2 Å². The zero-order chi connectivity index (χ0) is 13.0. The third-order valence-corrected chi connectivity index (χ3v) is 3.36. The van der Waals surface area contributed by atoms with Crippen LogP contribution in [0.5, 0.6) is 0 Å². The Bertz CT molecular complexity index is 374. The first-order chi connectivity index (χ1) is 8.67. The number of hydrogen-bond donors (Lipinski definition) is 0. The summed E-state index contributed by atoms with van der Waals surface area (Å²) in [5.74, 6) is 0.792. The SMILES string of the molecule is CCN(Cc1nc(C)cc(Cl)n1)CC1CCCO1. The van der Waals surface area contributed by atoms with Crippen LogP contribution < -0.4 is 0 Å². The first kappa shape index (κ1) is 13.7. The lowest BCUT2D eigenvalue weighted by Gasteiger charge is -2.22. The number of aromatic nitrogens is 2. The van der Waals surface area contributed by atoms with Gasteiger partial charge < -0.3 is 4.74 Å². The minimum atomic E-state index is 0.366. The average molecular weight is 270 g/mol. The van der Waals surface area contributed by atoms with E-state index < -0.39 is 0 Å². The van der Waals surface area contributed by atoms with Crippen LogP contribution in [0.15, 0.2) is 6.07 Å². The van der Waals surface area contributed by atoms with E-state index >= 15 is 0 Å². The van der Waals surface area contributed by atoms with Crippen molar-refractivity contribution in [2.45, 2.75) is 39.3 Å². The van der Waals surface area contributed by atoms with E-state index in [9.17, 15) is 0 Å². The fraction of sp³-hybridized carbons (Fsp3) is 0.692. The smallest absolute Gasteiger partial charge is 0.144 e. The van der Waals surface area contributed by atoms with E-state index in [4.69, 9.17) is 16.3 Å². The number of ether oxygens (including phenoxy) is 1. The van der Waals surface area contributed by atoms with Crippen LogP contribution >= 0.6 is 11.6 Å². The molecule has 0 radical (unpaired) electrons. The second kappa shape index (κ2) is 6.45. The normalized spacial score (nSPS) is 19.7. The number of likely N-dealkylation sites (N-methyl/N-ethyl adjacent to an activating group) is 1. The van der Waals surface area contributed by atoms with Gasteiger partial charge in [-0.3, -0.25) is 4.90 Å². The summed E-state index contributed by atoms with van der Waals surface area (Å²) >= 11 is 5.95. The topological polar surface area (TPSA) is 38.2 Å². The third-order valence-electron chi connectivity index (χ3n) is 3.17. The van der Waals surface area contributed by atoms with Gasteiger partial charge in [-0.05, 0) is 32.4 Å². The zero-order valence-electron chi connectivity index (χ0n) is 11.0. The molecule has 0 aromatic carbocycles. The van der Waals surface area contributed by atoms with Crippen molar-refractivity contribution in [3.63, 3.8) is 0 Å². The molecule has 1 aromatic rings. The number of rotatable bonds is 5. The van der Waals surface area contributed by atoms with Crippen LogP contribution in [0.2, 0.25) is 5.15 Å². The van der Waals surface area contributed by atoms with E-state index in [1.165, 1.54) is 6.42 Å². The highest BCUT2D eigenvalue weighted by atomic mass is 35.5. The Morgan fingerprint density at radius 1 is 1.50 bits per heavy atom. The summed E-state index contributed by atoms with van der Waals surface area (Å²) in [6.45, 7) is 7.63. The third kappa shape index (κ3) is 3.90. The van der Waals surface area contributed by atoms with E-state index in [2.05, 4.69) is 21.8 Å². The summed E-state index contributed by atoms with van der Waals surface area (Å²) in [4.78, 5) is 11.0. The molecule has 1 atom stereocenters. The molecule has 100 valence electrons. The van der Waals surface area contributed by atoms with Crippen molar-refractivity contribution in [1.82, 2.24) is 14.9 Å². The molecule has 0 saturated carbocycles. The van der Waals surface area contributed by atoms with Gasteiger partial charge in [0.25, 0.3) is 0 Å². The van der Waals surface area contributed by atoms with Gasteiger partial charge in [0.05, 0.1) is 12.6 Å². The molecule has 2 rings (SSSR count). The van der Waals surface area contributed by atoms with Crippen LogP contribution in [0.25, 0.3) is 0 Å². The zero-order valence-corrected chi connectivity index (χ0v) is 11.8. The maximum Gasteiger partial charge on any atom is 0.144 e. The van der Waals surface area contributed by atoms with Crippen molar-refractivity contribution in [1.29, 1.82) is 0 Å². The Kier molecular flexibility index (Phi) is 4.92. The molecule has 18 heavy (non-hydrogen) atoms. The summed E-state index contributed by atoms with van der Waals surface area (Å²) in [6, 6.07) is 1.78. The van der Waals surface area contributed by atoms with Crippen molar-refractivity contribution in [3.8, 4) is 0 Å². The molecule has 5 heteroatoms. The van der Waals surface area contributed by atoms with Gasteiger partial charge in [0.15, 0.2) is 0 Å². The van der Waals surface area contributed by atoms with E-state index in [1.807, 2.05) is 6.92 Å². The highest BCUT2D eigenvalue weighted by Gasteiger charge is 2.19. The molecule has 0 spiro atoms. The molecule has 4 nitrogen and oxygen atoms in total. The van der Waals surface area contributed by atoms with Gasteiger partial charge in [-0.1, -0.05) is 18.5 Å². The first-order valence-electron chi connectivity index (χ1n) is 6.51. The molecule has 0 N–H and O–H groups in total. The van der Waals surface area contributed by atoms with Gasteiger partial charge in [-0.2, -0.15) is 0 Å². The minimum absolute atomic E-state index is 0.366. The summed E-state index contributed by atoms with van der Waals surface area (Å²) in [5.41, 5.74) is 0.915. The van der Waals surface area contributed by atoms with E-state index in [1.54, 1.807) is 6.07 Å². The number of aryl methyl sites for hydroxylation is 1. The molecule has 1 aliphatic rings. The molecule has 0 aliphatic carbocycles. The molecule has 1 aliphatic heterocycles. The fourth-order valence-electron chi connectivity index (χ4n) is 2.24. The summed E-state index contributed by atoms with van der Waals surface area (Å²) in [7, 11) is 0. The van der Waals surface area contributed by atoms with Crippen LogP contribution in [0, 0.1) is 6.92 Å². The second-order valence-electron chi connectivity index (χ2n) is 4.71. The Morgan fingerprint density at radius 3 is 2.94 bits per heavy atom. The first-order valence-corrected chi connectivity index (χ1v) is 6.89. The van der Waals surface area contributed by atoms with E-state index in [-0.39, 0.29) is 0 Å². The van der Waals surface area contributed by atoms with Crippen molar-refractivity contribution >= 4 is 11.6 Å². The Hall–Kier alpha value is -0.710. The second-order valence-corrected chi connectivity index (χ2v) is 5.10. The van der Waals surface area contributed by atoms with Crippen molar-refractivity contribution in [2.24, 2.45) is 0 Å². The fourth-order valence-corrected chi connectivity index (χ4v) is 2.50. The Balaban J connectivity index is 1.95. The highest BCUT2D eigenvalue weighted by molar-refractivity contribution is 6.29. The molecule has 1 unspecified atom stereocenters. The van der Waals surface area contributed by atoms with E-state index in [0.29, 0.717) is 11.3 Å². The lowest BCUT2D eigenvalue weighted by Crippen LogP contribution is -2.32. The molecule has 0 bridgehead atoms. The predicted molar refractivity (Wildman–Crippen MR) is 71.7 cm³/mol. The molecule has 0 amide bonds. The predicted octanol–water partition coefficient (Wildman–Crippen LogP) is 2.44. The van der Waals surface area contributed by atoms with Gasteiger partial charge in [0, 0.05) is 18.8 Å². The maximum absolute atomic E-state index is 5.95. The highest BCUT2D eigenvalue weighted by Crippen LogP contribution is 2.15. The number of hydrogen-bond acceptors (Lipinski definition) is 4. The van der Waals surface area contributed by atoms with Crippen molar-refractivity contribution in [3.05, 3.63) is 22.7 Å². The molecule has 1 fully saturated rings. The largest absolute Gasteiger partial charge is 0.377 e. The van der Waals surface area contributed by atoms with Crippen LogP contribution in [-0.4, -0.2) is 40.7 Å². The summed E-state index contributed by atoms with van der Waals surface area (Å²) in [5, 5.41) is 0.519. The molecule has 1 saturated heterocycles. The lowest BCUT2D eigenvalue weighted by atomic mass is 10.2. The lowest BCUT2D eigenvalue weighted by molar-refractivity contribution is 0.0716.